The summed E-state index contributed by atoms with van der Waals surface area (Å²) in [6, 6.07) is 11.1. The summed E-state index contributed by atoms with van der Waals surface area (Å²) in [6.45, 7) is 0.153. The Hall–Kier alpha value is -2.36. The number of rotatable bonds is 5. The summed E-state index contributed by atoms with van der Waals surface area (Å²) in [7, 11) is -3.86. The first kappa shape index (κ1) is 19.4. The zero-order chi connectivity index (χ0) is 19.4. The zero-order valence-corrected chi connectivity index (χ0v) is 15.3. The second kappa shape index (κ2) is 8.12. The van der Waals surface area contributed by atoms with Crippen molar-refractivity contribution in [3.05, 3.63) is 65.7 Å². The zero-order valence-electron chi connectivity index (χ0n) is 14.4. The van der Waals surface area contributed by atoms with Gasteiger partial charge in [0, 0.05) is 25.3 Å². The fraction of sp³-hybridized carbons (Fsp3) is 0.278. The third-order valence-corrected chi connectivity index (χ3v) is 6.07. The maximum atomic E-state index is 13.3. The SMILES string of the molecule is O=C(CN1CCCN(Cc2cccc(F)c2)S1(=O)=O)Nc1cccc(F)c1. The summed E-state index contributed by atoms with van der Waals surface area (Å²) in [5.41, 5.74) is 0.788. The van der Waals surface area contributed by atoms with Gasteiger partial charge in [0.2, 0.25) is 5.91 Å². The molecule has 1 heterocycles. The predicted molar refractivity (Wildman–Crippen MR) is 96.9 cm³/mol. The molecular weight excluding hydrogens is 376 g/mol. The van der Waals surface area contributed by atoms with Gasteiger partial charge in [-0.3, -0.25) is 4.79 Å². The van der Waals surface area contributed by atoms with Crippen molar-refractivity contribution >= 4 is 21.8 Å². The van der Waals surface area contributed by atoms with Crippen LogP contribution in [-0.4, -0.2) is 42.6 Å². The quantitative estimate of drug-likeness (QED) is 0.845. The Bertz CT molecular complexity index is 937. The molecule has 1 N–H and O–H groups in total. The lowest BCUT2D eigenvalue weighted by atomic mass is 10.2. The smallest absolute Gasteiger partial charge is 0.282 e. The minimum Gasteiger partial charge on any atom is -0.325 e. The maximum absolute atomic E-state index is 13.3. The number of nitrogens with zero attached hydrogens (tertiary/aromatic N) is 2. The largest absolute Gasteiger partial charge is 0.325 e. The normalized spacial score (nSPS) is 17.6. The molecule has 9 heteroatoms. The van der Waals surface area contributed by atoms with Crippen LogP contribution < -0.4 is 5.32 Å². The van der Waals surface area contributed by atoms with E-state index < -0.39 is 27.8 Å². The fourth-order valence-electron chi connectivity index (χ4n) is 2.90. The summed E-state index contributed by atoms with van der Waals surface area (Å²) in [4.78, 5) is 12.2. The number of halogens is 2. The Morgan fingerprint density at radius 1 is 1.00 bits per heavy atom. The van der Waals surface area contributed by atoms with E-state index in [0.29, 0.717) is 18.5 Å². The van der Waals surface area contributed by atoms with Crippen LogP contribution in [0.25, 0.3) is 0 Å². The first-order valence-corrected chi connectivity index (χ1v) is 9.79. The predicted octanol–water partition coefficient (Wildman–Crippen LogP) is 2.36. The fourth-order valence-corrected chi connectivity index (χ4v) is 4.54. The van der Waals surface area contributed by atoms with Crippen LogP contribution in [0.4, 0.5) is 14.5 Å². The van der Waals surface area contributed by atoms with E-state index in [1.165, 1.54) is 40.7 Å². The van der Waals surface area contributed by atoms with Gasteiger partial charge >= 0.3 is 0 Å². The first-order chi connectivity index (χ1) is 12.8. The molecule has 144 valence electrons. The number of carbonyl (C=O) groups is 1. The second-order valence-electron chi connectivity index (χ2n) is 6.22. The van der Waals surface area contributed by atoms with Crippen molar-refractivity contribution in [3.63, 3.8) is 0 Å². The molecule has 3 rings (SSSR count). The molecule has 6 nitrogen and oxygen atoms in total. The average molecular weight is 395 g/mol. The molecule has 1 aliphatic heterocycles. The molecule has 0 aromatic heterocycles. The Morgan fingerprint density at radius 3 is 2.37 bits per heavy atom. The van der Waals surface area contributed by atoms with Crippen LogP contribution in [-0.2, 0) is 21.5 Å². The van der Waals surface area contributed by atoms with Crippen LogP contribution in [0.15, 0.2) is 48.5 Å². The lowest BCUT2D eigenvalue weighted by molar-refractivity contribution is -0.116. The van der Waals surface area contributed by atoms with Crippen LogP contribution in [0.1, 0.15) is 12.0 Å². The van der Waals surface area contributed by atoms with E-state index in [4.69, 9.17) is 0 Å². The molecule has 0 aliphatic carbocycles. The molecule has 0 saturated carbocycles. The molecule has 2 aromatic carbocycles. The summed E-state index contributed by atoms with van der Waals surface area (Å²) < 4.78 is 54.4. The van der Waals surface area contributed by atoms with Crippen molar-refractivity contribution in [3.8, 4) is 0 Å². The third-order valence-electron chi connectivity index (χ3n) is 4.14. The van der Waals surface area contributed by atoms with Crippen LogP contribution in [0.2, 0.25) is 0 Å². The number of hydrogen-bond acceptors (Lipinski definition) is 3. The summed E-state index contributed by atoms with van der Waals surface area (Å²) >= 11 is 0. The van der Waals surface area contributed by atoms with Crippen molar-refractivity contribution in [2.24, 2.45) is 0 Å². The van der Waals surface area contributed by atoms with E-state index >= 15 is 0 Å². The highest BCUT2D eigenvalue weighted by atomic mass is 32.2. The lowest BCUT2D eigenvalue weighted by Crippen LogP contribution is -2.51. The number of carbonyl (C=O) groups excluding carboxylic acids is 1. The van der Waals surface area contributed by atoms with Gasteiger partial charge in [-0.05, 0) is 42.3 Å². The molecule has 1 amide bonds. The van der Waals surface area contributed by atoms with Crippen LogP contribution in [0.5, 0.6) is 0 Å². The standard InChI is InChI=1S/C18H19F2N3O3S/c19-15-5-1-4-14(10-15)12-22-8-3-9-23(27(22,25)26)13-18(24)21-17-7-2-6-16(20)11-17/h1-2,4-7,10-11H,3,8-9,12-13H2,(H,21,24). The Labute approximate surface area is 156 Å². The van der Waals surface area contributed by atoms with Crippen molar-refractivity contribution in [2.45, 2.75) is 13.0 Å². The van der Waals surface area contributed by atoms with Crippen LogP contribution in [0.3, 0.4) is 0 Å². The number of nitrogens with one attached hydrogen (secondary N) is 1. The van der Waals surface area contributed by atoms with Crippen molar-refractivity contribution in [2.75, 3.05) is 25.0 Å². The van der Waals surface area contributed by atoms with Gasteiger partial charge in [-0.2, -0.15) is 17.0 Å². The van der Waals surface area contributed by atoms with Gasteiger partial charge in [0.1, 0.15) is 11.6 Å². The average Bonchev–Trinajstić information content (AvgIpc) is 2.59. The Balaban J connectivity index is 1.67. The van der Waals surface area contributed by atoms with Crippen LogP contribution >= 0.6 is 0 Å². The summed E-state index contributed by atoms with van der Waals surface area (Å²) in [6.07, 6.45) is 0.543. The molecule has 0 unspecified atom stereocenters. The number of benzene rings is 2. The van der Waals surface area contributed by atoms with Gasteiger partial charge in [-0.1, -0.05) is 18.2 Å². The highest BCUT2D eigenvalue weighted by molar-refractivity contribution is 7.86. The van der Waals surface area contributed by atoms with Gasteiger partial charge < -0.3 is 5.32 Å². The number of anilines is 1. The molecule has 27 heavy (non-hydrogen) atoms. The minimum absolute atomic E-state index is 0.0299. The molecule has 1 aliphatic rings. The minimum atomic E-state index is -3.86. The van der Waals surface area contributed by atoms with Gasteiger partial charge in [-0.15, -0.1) is 0 Å². The Morgan fingerprint density at radius 2 is 1.67 bits per heavy atom. The molecule has 0 radical (unpaired) electrons. The Kier molecular flexibility index (Phi) is 5.83. The van der Waals surface area contributed by atoms with E-state index in [0.717, 1.165) is 10.4 Å². The first-order valence-electron chi connectivity index (χ1n) is 8.40. The van der Waals surface area contributed by atoms with Crippen molar-refractivity contribution in [1.29, 1.82) is 0 Å². The monoisotopic (exact) mass is 395 g/mol. The maximum Gasteiger partial charge on any atom is 0.282 e. The summed E-state index contributed by atoms with van der Waals surface area (Å²) in [5.74, 6) is -1.50. The van der Waals surface area contributed by atoms with E-state index in [1.807, 2.05) is 0 Å². The van der Waals surface area contributed by atoms with Gasteiger partial charge in [-0.25, -0.2) is 8.78 Å². The highest BCUT2D eigenvalue weighted by Gasteiger charge is 2.34. The van der Waals surface area contributed by atoms with Gasteiger partial charge in [0.05, 0.1) is 6.54 Å². The van der Waals surface area contributed by atoms with Crippen molar-refractivity contribution < 1.29 is 22.0 Å². The molecule has 0 bridgehead atoms. The molecule has 0 atom stereocenters. The molecule has 1 saturated heterocycles. The number of hydrogen-bond donors (Lipinski definition) is 1. The third kappa shape index (κ3) is 4.88. The molecule has 1 fully saturated rings. The molecule has 2 aromatic rings. The van der Waals surface area contributed by atoms with Crippen LogP contribution in [0, 0.1) is 11.6 Å². The van der Waals surface area contributed by atoms with Gasteiger partial charge in [0.15, 0.2) is 0 Å². The second-order valence-corrected chi connectivity index (χ2v) is 8.15. The van der Waals surface area contributed by atoms with Crippen molar-refractivity contribution in [1.82, 2.24) is 8.61 Å². The molecule has 0 spiro atoms. The highest BCUT2D eigenvalue weighted by Crippen LogP contribution is 2.20. The molecular formula is C18H19F2N3O3S. The van der Waals surface area contributed by atoms with E-state index in [2.05, 4.69) is 5.32 Å². The van der Waals surface area contributed by atoms with E-state index in [-0.39, 0.29) is 25.3 Å². The van der Waals surface area contributed by atoms with E-state index in [1.54, 1.807) is 6.07 Å². The topological polar surface area (TPSA) is 69.7 Å². The van der Waals surface area contributed by atoms with Gasteiger partial charge in [0.25, 0.3) is 10.2 Å². The number of amides is 1. The summed E-state index contributed by atoms with van der Waals surface area (Å²) in [5, 5.41) is 2.49. The van der Waals surface area contributed by atoms with E-state index in [9.17, 15) is 22.0 Å². The lowest BCUT2D eigenvalue weighted by Gasteiger charge is -2.34.